The van der Waals surface area contributed by atoms with Gasteiger partial charge in [-0.05, 0) is 61.6 Å². The van der Waals surface area contributed by atoms with Gasteiger partial charge in [0, 0.05) is 25.0 Å². The van der Waals surface area contributed by atoms with Gasteiger partial charge in [-0.15, -0.1) is 0 Å². The largest absolute Gasteiger partial charge is 0.337 e. The van der Waals surface area contributed by atoms with Gasteiger partial charge in [0.15, 0.2) is 0 Å². The van der Waals surface area contributed by atoms with Crippen LogP contribution in [0.2, 0.25) is 0 Å². The van der Waals surface area contributed by atoms with Gasteiger partial charge in [-0.2, -0.15) is 0 Å². The summed E-state index contributed by atoms with van der Waals surface area (Å²) >= 11 is 0. The van der Waals surface area contributed by atoms with Crippen molar-refractivity contribution < 1.29 is 18.0 Å². The van der Waals surface area contributed by atoms with E-state index in [-0.39, 0.29) is 17.0 Å². The Morgan fingerprint density at radius 3 is 2.56 bits per heavy atom. The molecule has 188 valence electrons. The van der Waals surface area contributed by atoms with Crippen molar-refractivity contribution >= 4 is 38.8 Å². The van der Waals surface area contributed by atoms with E-state index in [4.69, 9.17) is 0 Å². The van der Waals surface area contributed by atoms with Crippen LogP contribution in [0.25, 0.3) is 10.9 Å². The molecule has 9 nitrogen and oxygen atoms in total. The summed E-state index contributed by atoms with van der Waals surface area (Å²) in [6.07, 6.45) is 6.85. The number of hydrogen-bond donors (Lipinski definition) is 3. The van der Waals surface area contributed by atoms with E-state index in [1.165, 1.54) is 17.0 Å². The third kappa shape index (κ3) is 6.39. The Hall–Kier alpha value is -3.92. The molecule has 0 fully saturated rings. The Bertz CT molecular complexity index is 1370. The number of benzene rings is 2. The fourth-order valence-corrected chi connectivity index (χ4v) is 4.85. The predicted molar refractivity (Wildman–Crippen MR) is 139 cm³/mol. The highest BCUT2D eigenvalue weighted by Crippen LogP contribution is 2.17. The molecule has 1 aromatic heterocycles. The lowest BCUT2D eigenvalue weighted by Crippen LogP contribution is -2.44. The number of amides is 4. The van der Waals surface area contributed by atoms with Crippen molar-refractivity contribution in [1.82, 2.24) is 20.3 Å². The highest BCUT2D eigenvalue weighted by molar-refractivity contribution is 7.90. The standard InChI is InChI=1S/C26H29N5O4S/c1-31(24-16-13-20-7-5-6-10-23(20)29-24)26(33)27-18-17-19-11-14-22(15-12-19)36(34,35)30-25(32)28-21-8-3-2-4-9-21/h2-3,5-7,10-16,21H,4,8-9,17-18H2,1H3,(H,27,33)(H2,28,30,32). The molecule has 0 saturated carbocycles. The van der Waals surface area contributed by atoms with Gasteiger partial charge < -0.3 is 10.6 Å². The Balaban J connectivity index is 1.27. The van der Waals surface area contributed by atoms with Gasteiger partial charge in [-0.25, -0.2) is 27.7 Å². The number of nitrogens with zero attached hydrogens (tertiary/aromatic N) is 2. The summed E-state index contributed by atoms with van der Waals surface area (Å²) in [6.45, 7) is 0.360. The van der Waals surface area contributed by atoms with Crippen molar-refractivity contribution in [3.05, 3.63) is 78.4 Å². The smallest absolute Gasteiger partial charge is 0.328 e. The van der Waals surface area contributed by atoms with Crippen LogP contribution in [-0.2, 0) is 16.4 Å². The highest BCUT2D eigenvalue weighted by atomic mass is 32.2. The first-order valence-corrected chi connectivity index (χ1v) is 13.2. The quantitative estimate of drug-likeness (QED) is 0.421. The minimum Gasteiger partial charge on any atom is -0.337 e. The van der Waals surface area contributed by atoms with Crippen LogP contribution in [-0.4, -0.2) is 45.1 Å². The Morgan fingerprint density at radius 2 is 1.81 bits per heavy atom. The molecule has 4 rings (SSSR count). The minimum absolute atomic E-state index is 0.00362. The average molecular weight is 508 g/mol. The maximum absolute atomic E-state index is 12.5. The molecule has 2 aromatic carbocycles. The van der Waals surface area contributed by atoms with E-state index >= 15 is 0 Å². The topological polar surface area (TPSA) is 121 Å². The first-order valence-electron chi connectivity index (χ1n) is 11.8. The van der Waals surface area contributed by atoms with E-state index in [9.17, 15) is 18.0 Å². The molecule has 0 spiro atoms. The molecule has 36 heavy (non-hydrogen) atoms. The fraction of sp³-hybridized carbons (Fsp3) is 0.269. The van der Waals surface area contributed by atoms with Gasteiger partial charge in [-0.3, -0.25) is 4.90 Å². The Kier molecular flexibility index (Phi) is 7.84. The minimum atomic E-state index is -3.98. The first kappa shape index (κ1) is 25.2. The van der Waals surface area contributed by atoms with Crippen LogP contribution in [0.1, 0.15) is 24.8 Å². The SMILES string of the molecule is CN(C(=O)NCCc1ccc(S(=O)(=O)NC(=O)NC2CC=CCC2)cc1)c1ccc2ccccc2n1. The van der Waals surface area contributed by atoms with E-state index in [0.717, 1.165) is 29.3 Å². The summed E-state index contributed by atoms with van der Waals surface area (Å²) in [4.78, 5) is 30.6. The number of carbonyl (C=O) groups is 2. The van der Waals surface area contributed by atoms with E-state index < -0.39 is 16.1 Å². The molecule has 0 radical (unpaired) electrons. The zero-order valence-electron chi connectivity index (χ0n) is 20.0. The number of fused-ring (bicyclic) bond motifs is 1. The molecular weight excluding hydrogens is 478 g/mol. The van der Waals surface area contributed by atoms with E-state index in [1.54, 1.807) is 25.2 Å². The number of hydrogen-bond acceptors (Lipinski definition) is 5. The Morgan fingerprint density at radius 1 is 1.03 bits per heavy atom. The third-order valence-electron chi connectivity index (χ3n) is 5.99. The third-order valence-corrected chi connectivity index (χ3v) is 7.33. The first-order chi connectivity index (χ1) is 17.3. The van der Waals surface area contributed by atoms with Gasteiger partial charge in [0.25, 0.3) is 10.0 Å². The molecule has 1 heterocycles. The molecule has 3 aromatic rings. The fourth-order valence-electron chi connectivity index (χ4n) is 3.93. The zero-order valence-corrected chi connectivity index (χ0v) is 20.8. The lowest BCUT2D eigenvalue weighted by molar-refractivity contribution is 0.241. The summed E-state index contributed by atoms with van der Waals surface area (Å²) in [6, 6.07) is 16.5. The van der Waals surface area contributed by atoms with Crippen LogP contribution in [0, 0.1) is 0 Å². The molecule has 0 aliphatic heterocycles. The Labute approximate surface area is 210 Å². The molecule has 1 aliphatic rings. The van der Waals surface area contributed by atoms with E-state index in [0.29, 0.717) is 25.2 Å². The molecule has 0 saturated heterocycles. The highest BCUT2D eigenvalue weighted by Gasteiger charge is 2.20. The number of carbonyl (C=O) groups excluding carboxylic acids is 2. The second kappa shape index (κ2) is 11.2. The number of pyridine rings is 1. The van der Waals surface area contributed by atoms with Gasteiger partial charge in [0.1, 0.15) is 5.82 Å². The van der Waals surface area contributed by atoms with Gasteiger partial charge in [0.05, 0.1) is 10.4 Å². The number of anilines is 1. The van der Waals surface area contributed by atoms with Crippen LogP contribution in [0.3, 0.4) is 0 Å². The van der Waals surface area contributed by atoms with Crippen LogP contribution in [0.15, 0.2) is 77.7 Å². The predicted octanol–water partition coefficient (Wildman–Crippen LogP) is 3.72. The van der Waals surface area contributed by atoms with Crippen LogP contribution < -0.4 is 20.3 Å². The molecule has 1 atom stereocenters. The average Bonchev–Trinajstić information content (AvgIpc) is 2.88. The molecule has 4 amide bonds. The number of nitrogens with one attached hydrogen (secondary N) is 3. The monoisotopic (exact) mass is 507 g/mol. The number of aromatic nitrogens is 1. The molecule has 1 aliphatic carbocycles. The van der Waals surface area contributed by atoms with Crippen molar-refractivity contribution in [1.29, 1.82) is 0 Å². The summed E-state index contributed by atoms with van der Waals surface area (Å²) in [5, 5.41) is 6.54. The molecule has 0 bridgehead atoms. The van der Waals surface area contributed by atoms with Crippen molar-refractivity contribution in [2.75, 3.05) is 18.5 Å². The van der Waals surface area contributed by atoms with E-state index in [1.807, 2.05) is 42.5 Å². The lowest BCUT2D eigenvalue weighted by Gasteiger charge is -2.19. The normalized spacial score (nSPS) is 15.3. The number of urea groups is 2. The summed E-state index contributed by atoms with van der Waals surface area (Å²) in [7, 11) is -2.33. The summed E-state index contributed by atoms with van der Waals surface area (Å²) < 4.78 is 27.1. The van der Waals surface area contributed by atoms with Crippen molar-refractivity contribution in [2.45, 2.75) is 36.6 Å². The summed E-state index contributed by atoms with van der Waals surface area (Å²) in [5.74, 6) is 0.539. The maximum Gasteiger partial charge on any atom is 0.328 e. The second-order valence-electron chi connectivity index (χ2n) is 8.61. The van der Waals surface area contributed by atoms with Crippen LogP contribution in [0.5, 0.6) is 0 Å². The zero-order chi connectivity index (χ0) is 25.5. The summed E-state index contributed by atoms with van der Waals surface area (Å²) in [5.41, 5.74) is 1.65. The number of para-hydroxylation sites is 1. The molecule has 3 N–H and O–H groups in total. The van der Waals surface area contributed by atoms with Gasteiger partial charge in [0.2, 0.25) is 0 Å². The number of rotatable bonds is 7. The number of allylic oxidation sites excluding steroid dienone is 1. The second-order valence-corrected chi connectivity index (χ2v) is 10.3. The maximum atomic E-state index is 12.5. The van der Waals surface area contributed by atoms with Gasteiger partial charge in [-0.1, -0.05) is 42.5 Å². The molecule has 10 heteroatoms. The molecular formula is C26H29N5O4S. The van der Waals surface area contributed by atoms with E-state index in [2.05, 4.69) is 20.3 Å². The van der Waals surface area contributed by atoms with Gasteiger partial charge >= 0.3 is 12.1 Å². The van der Waals surface area contributed by atoms with Crippen molar-refractivity contribution in [3.63, 3.8) is 0 Å². The van der Waals surface area contributed by atoms with Crippen molar-refractivity contribution in [2.24, 2.45) is 0 Å². The number of sulfonamides is 1. The van der Waals surface area contributed by atoms with Crippen LogP contribution >= 0.6 is 0 Å². The van der Waals surface area contributed by atoms with Crippen LogP contribution in [0.4, 0.5) is 15.4 Å². The molecule has 1 unspecified atom stereocenters. The van der Waals surface area contributed by atoms with Crippen molar-refractivity contribution in [3.8, 4) is 0 Å². The lowest BCUT2D eigenvalue weighted by atomic mass is 10.0.